The van der Waals surface area contributed by atoms with Gasteiger partial charge in [-0.25, -0.2) is 9.07 Å². The number of ether oxygens (including phenoxy) is 1. The van der Waals surface area contributed by atoms with Gasteiger partial charge < -0.3 is 20.1 Å². The summed E-state index contributed by atoms with van der Waals surface area (Å²) in [6.07, 6.45) is 5.68. The number of rotatable bonds is 11. The number of aliphatic hydroxyl groups excluding tert-OH is 1. The molecule has 0 unspecified atom stereocenters. The molecule has 56 heavy (non-hydrogen) atoms. The molecule has 7 rings (SSSR count). The zero-order chi connectivity index (χ0) is 39.8. The quantitative estimate of drug-likeness (QED) is 0.128. The van der Waals surface area contributed by atoms with E-state index in [2.05, 4.69) is 52.8 Å². The molecule has 2 bridgehead atoms. The largest absolute Gasteiger partial charge is 0.461 e. The van der Waals surface area contributed by atoms with Gasteiger partial charge in [-0.3, -0.25) is 19.3 Å². The van der Waals surface area contributed by atoms with Gasteiger partial charge in [-0.15, -0.1) is 23.4 Å². The summed E-state index contributed by atoms with van der Waals surface area (Å²) < 4.78 is 21.3. The lowest BCUT2D eigenvalue weighted by Crippen LogP contribution is -2.63. The first kappa shape index (κ1) is 40.1. The monoisotopic (exact) mass is 786 g/mol. The molecule has 13 heteroatoms. The molecule has 2 heterocycles. The molecule has 2 N–H and O–H groups in total. The summed E-state index contributed by atoms with van der Waals surface area (Å²) in [4.78, 5) is 46.0. The Balaban J connectivity index is 0.958. The summed E-state index contributed by atoms with van der Waals surface area (Å²) in [5, 5.41) is 23.3. The van der Waals surface area contributed by atoms with Crippen molar-refractivity contribution < 1.29 is 28.6 Å². The molecule has 1 aromatic heterocycles. The molecular weight excluding hydrogens is 732 g/mol. The molecule has 2 aromatic carbocycles. The van der Waals surface area contributed by atoms with Crippen LogP contribution < -0.4 is 10.2 Å². The van der Waals surface area contributed by atoms with Crippen LogP contribution in [0, 0.1) is 39.8 Å². The Hall–Kier alpha value is -4.07. The highest BCUT2D eigenvalue weighted by molar-refractivity contribution is 8.00. The fourth-order valence-electron chi connectivity index (χ4n) is 10.4. The van der Waals surface area contributed by atoms with E-state index in [0.717, 1.165) is 61.7 Å². The van der Waals surface area contributed by atoms with Gasteiger partial charge >= 0.3 is 5.97 Å². The average molecular weight is 787 g/mol. The summed E-state index contributed by atoms with van der Waals surface area (Å²) in [5.41, 5.74) is 0.721. The lowest BCUT2D eigenvalue weighted by molar-refractivity contribution is -0.205. The molecular formula is C43H55FN6O5S. The van der Waals surface area contributed by atoms with Crippen LogP contribution >= 0.6 is 11.8 Å². The van der Waals surface area contributed by atoms with E-state index in [0.29, 0.717) is 25.1 Å². The number of anilines is 2. The Kier molecular flexibility index (Phi) is 11.5. The maximum atomic E-state index is 13.8. The number of benzene rings is 2. The Morgan fingerprint density at radius 3 is 2.55 bits per heavy atom. The molecule has 4 aliphatic rings. The number of aliphatic hydroxyl groups is 1. The molecule has 8 atom stereocenters. The number of thioether (sulfide) groups is 1. The highest BCUT2D eigenvalue weighted by Gasteiger charge is 2.68. The van der Waals surface area contributed by atoms with E-state index in [9.17, 15) is 23.9 Å². The lowest BCUT2D eigenvalue weighted by Gasteiger charge is -2.61. The number of Topliss-reactive ketones (excluding diaryl/α,β-unsaturated/α-hetero) is 1. The zero-order valence-corrected chi connectivity index (χ0v) is 33.8. The topological polar surface area (TPSA) is 130 Å². The van der Waals surface area contributed by atoms with Crippen molar-refractivity contribution in [2.45, 2.75) is 90.0 Å². The van der Waals surface area contributed by atoms with Gasteiger partial charge in [0.15, 0.2) is 0 Å². The normalized spacial score (nSPS) is 31.9. The van der Waals surface area contributed by atoms with Crippen LogP contribution in [0.1, 0.15) is 65.5 Å². The second kappa shape index (κ2) is 16.1. The van der Waals surface area contributed by atoms with Gasteiger partial charge in [-0.05, 0) is 79.3 Å². The van der Waals surface area contributed by atoms with Gasteiger partial charge in [-0.2, -0.15) is 0 Å². The summed E-state index contributed by atoms with van der Waals surface area (Å²) in [5.74, 6) is -0.934. The van der Waals surface area contributed by atoms with E-state index < -0.39 is 29.0 Å². The molecule has 4 fully saturated rings. The van der Waals surface area contributed by atoms with Crippen molar-refractivity contribution in [1.82, 2.24) is 19.9 Å². The Labute approximate surface area is 333 Å². The number of ketones is 1. The molecule has 3 aromatic rings. The van der Waals surface area contributed by atoms with Crippen LogP contribution in [0.3, 0.4) is 0 Å². The molecule has 1 aliphatic heterocycles. The number of para-hydroxylation sites is 1. The lowest BCUT2D eigenvalue weighted by atomic mass is 9.44. The van der Waals surface area contributed by atoms with Gasteiger partial charge in [0, 0.05) is 66.5 Å². The second-order valence-electron chi connectivity index (χ2n) is 17.0. The van der Waals surface area contributed by atoms with Crippen LogP contribution in [0.5, 0.6) is 0 Å². The number of carbonyl (C=O) groups is 3. The van der Waals surface area contributed by atoms with Gasteiger partial charge in [0.25, 0.3) is 0 Å². The summed E-state index contributed by atoms with van der Waals surface area (Å²) in [6, 6.07) is 13.9. The van der Waals surface area contributed by atoms with Crippen molar-refractivity contribution in [3.8, 4) is 0 Å². The summed E-state index contributed by atoms with van der Waals surface area (Å²) >= 11 is 1.29. The third kappa shape index (κ3) is 7.66. The number of halogens is 1. The van der Waals surface area contributed by atoms with Crippen molar-refractivity contribution >= 4 is 40.8 Å². The SMILES string of the molecule is C=C[C@]1(C)C[C@@H](OC(=O)CSc2ccccc2NC(=O)Cn2cc(CN3CCN(c4ccc(F)cc4)CC3)nn2)[C@]2(C)[C@H](C)CC[C@]3(CCC(=O)[C@H]32)[C@@H](C)[C@@H]1O. The summed E-state index contributed by atoms with van der Waals surface area (Å²) in [6.45, 7) is 16.4. The standard InChI is InChI=1S/C43H55FN6O5S/c1-6-41(4)23-36(42(5)28(2)15-17-43(29(3)40(41)54)18-16-34(51)39(42)43)55-38(53)27-56-35-10-8-7-9-33(35)45-37(52)26-50-25-31(46-47-50)24-48-19-21-49(22-20-48)32-13-11-30(44)12-14-32/h6-14,25,28-29,36,39-40,54H,1,15-24,26-27H2,2-5H3,(H,45,52)/t28-,29+,36-,39+,40+,41-,42+,43+/m1/s1. The van der Waals surface area contributed by atoms with Gasteiger partial charge in [0.2, 0.25) is 5.91 Å². The van der Waals surface area contributed by atoms with E-state index >= 15 is 0 Å². The second-order valence-corrected chi connectivity index (χ2v) is 18.1. The molecule has 3 saturated carbocycles. The number of piperazine rings is 1. The van der Waals surface area contributed by atoms with Crippen LogP contribution in [0.4, 0.5) is 15.8 Å². The maximum Gasteiger partial charge on any atom is 0.316 e. The predicted molar refractivity (Wildman–Crippen MR) is 214 cm³/mol. The smallest absolute Gasteiger partial charge is 0.316 e. The minimum atomic E-state index is -0.724. The van der Waals surface area contributed by atoms with E-state index in [1.165, 1.54) is 28.6 Å². The number of nitrogens with zero attached hydrogens (tertiary/aromatic N) is 5. The Morgan fingerprint density at radius 2 is 1.82 bits per heavy atom. The zero-order valence-electron chi connectivity index (χ0n) is 33.0. The Morgan fingerprint density at radius 1 is 1.09 bits per heavy atom. The number of carbonyl (C=O) groups excluding carboxylic acids is 3. The number of nitrogens with one attached hydrogen (secondary N) is 1. The number of hydrogen-bond acceptors (Lipinski definition) is 10. The van der Waals surface area contributed by atoms with Crippen molar-refractivity contribution in [3.05, 3.63) is 78.9 Å². The third-order valence-electron chi connectivity index (χ3n) is 13.9. The highest BCUT2D eigenvalue weighted by atomic mass is 32.2. The van der Waals surface area contributed by atoms with Crippen LogP contribution in [0.15, 0.2) is 72.3 Å². The number of esters is 1. The highest BCUT2D eigenvalue weighted by Crippen LogP contribution is 2.68. The minimum Gasteiger partial charge on any atom is -0.461 e. The first-order chi connectivity index (χ1) is 26.8. The van der Waals surface area contributed by atoms with Gasteiger partial charge in [0.1, 0.15) is 24.2 Å². The Bertz CT molecular complexity index is 1930. The molecule has 0 spiro atoms. The molecule has 0 radical (unpaired) electrons. The molecule has 1 saturated heterocycles. The van der Waals surface area contributed by atoms with Crippen molar-refractivity contribution in [2.24, 2.45) is 34.0 Å². The maximum absolute atomic E-state index is 13.8. The first-order valence-electron chi connectivity index (χ1n) is 19.9. The first-order valence-corrected chi connectivity index (χ1v) is 20.9. The fraction of sp³-hybridized carbons (Fsp3) is 0.558. The van der Waals surface area contributed by atoms with Crippen LogP contribution in [-0.4, -0.2) is 86.8 Å². The fourth-order valence-corrected chi connectivity index (χ4v) is 11.2. The van der Waals surface area contributed by atoms with E-state index in [4.69, 9.17) is 4.74 Å². The van der Waals surface area contributed by atoms with E-state index in [-0.39, 0.29) is 53.0 Å². The van der Waals surface area contributed by atoms with Crippen LogP contribution in [-0.2, 0) is 32.2 Å². The van der Waals surface area contributed by atoms with Crippen LogP contribution in [0.25, 0.3) is 0 Å². The third-order valence-corrected chi connectivity index (χ3v) is 15.0. The van der Waals surface area contributed by atoms with Crippen LogP contribution in [0.2, 0.25) is 0 Å². The molecule has 11 nitrogen and oxygen atoms in total. The minimum absolute atomic E-state index is 0.00591. The van der Waals surface area contributed by atoms with Crippen molar-refractivity contribution in [2.75, 3.05) is 42.1 Å². The number of amides is 1. The van der Waals surface area contributed by atoms with Crippen molar-refractivity contribution in [1.29, 1.82) is 0 Å². The number of aromatic nitrogens is 3. The molecule has 1 amide bonds. The predicted octanol–water partition coefficient (Wildman–Crippen LogP) is 6.38. The summed E-state index contributed by atoms with van der Waals surface area (Å²) in [7, 11) is 0. The molecule has 3 aliphatic carbocycles. The van der Waals surface area contributed by atoms with E-state index in [1.54, 1.807) is 30.5 Å². The van der Waals surface area contributed by atoms with Gasteiger partial charge in [-0.1, -0.05) is 51.1 Å². The average Bonchev–Trinajstić information content (AvgIpc) is 3.78. The number of hydrogen-bond donors (Lipinski definition) is 2. The van der Waals surface area contributed by atoms with Crippen molar-refractivity contribution in [3.63, 3.8) is 0 Å². The van der Waals surface area contributed by atoms with E-state index in [1.807, 2.05) is 25.1 Å². The molecule has 300 valence electrons. The van der Waals surface area contributed by atoms with Gasteiger partial charge in [0.05, 0.1) is 29.4 Å².